The molecule has 20 heavy (non-hydrogen) atoms. The summed E-state index contributed by atoms with van der Waals surface area (Å²) in [6.07, 6.45) is 3.11. The van der Waals surface area contributed by atoms with Crippen molar-refractivity contribution >= 4 is 11.4 Å². The molecule has 5 heteroatoms. The molecule has 0 aliphatic heterocycles. The van der Waals surface area contributed by atoms with Crippen LogP contribution in [-0.4, -0.2) is 17.1 Å². The van der Waals surface area contributed by atoms with Gasteiger partial charge in [-0.2, -0.15) is 0 Å². The van der Waals surface area contributed by atoms with Gasteiger partial charge in [0.1, 0.15) is 0 Å². The molecule has 0 saturated carbocycles. The Morgan fingerprint density at radius 3 is 2.55 bits per heavy atom. The summed E-state index contributed by atoms with van der Waals surface area (Å²) in [5, 5.41) is 14.4. The Morgan fingerprint density at radius 2 is 2.05 bits per heavy atom. The Hall–Kier alpha value is -1.78. The van der Waals surface area contributed by atoms with Crippen LogP contribution in [0.3, 0.4) is 0 Å². The molecule has 0 aliphatic carbocycles. The molecule has 0 amide bonds. The second-order valence-corrected chi connectivity index (χ2v) is 5.14. The number of hydrogen-bond acceptors (Lipinski definition) is 4. The van der Waals surface area contributed by atoms with E-state index in [0.717, 1.165) is 24.9 Å². The van der Waals surface area contributed by atoms with E-state index in [4.69, 9.17) is 4.74 Å². The Balaban J connectivity index is 2.96. The van der Waals surface area contributed by atoms with E-state index in [9.17, 15) is 10.1 Å². The largest absolute Gasteiger partial charge is 0.484 e. The van der Waals surface area contributed by atoms with Crippen LogP contribution in [0.1, 0.15) is 47.0 Å². The Labute approximate surface area is 120 Å². The van der Waals surface area contributed by atoms with Crippen LogP contribution in [0.5, 0.6) is 5.75 Å². The van der Waals surface area contributed by atoms with E-state index in [-0.39, 0.29) is 11.8 Å². The first kappa shape index (κ1) is 16.3. The van der Waals surface area contributed by atoms with E-state index >= 15 is 0 Å². The predicted molar refractivity (Wildman–Crippen MR) is 81.5 cm³/mol. The van der Waals surface area contributed by atoms with Gasteiger partial charge in [0.05, 0.1) is 11.0 Å². The maximum Gasteiger partial charge on any atom is 0.311 e. The van der Waals surface area contributed by atoms with Crippen LogP contribution in [-0.2, 0) is 0 Å². The molecule has 1 aromatic carbocycles. The van der Waals surface area contributed by atoms with Gasteiger partial charge in [-0.05, 0) is 32.8 Å². The van der Waals surface area contributed by atoms with E-state index < -0.39 is 4.92 Å². The minimum Gasteiger partial charge on any atom is -0.484 e. The number of rotatable bonds is 8. The third-order valence-electron chi connectivity index (χ3n) is 3.02. The SMILES string of the molecule is CCCC(CC)Nc1ccc([N+](=O)[O-])c(OC(C)C)c1. The van der Waals surface area contributed by atoms with Crippen LogP contribution in [0.2, 0.25) is 0 Å². The fourth-order valence-corrected chi connectivity index (χ4v) is 2.07. The first-order valence-corrected chi connectivity index (χ1v) is 7.19. The van der Waals surface area contributed by atoms with E-state index in [1.807, 2.05) is 13.8 Å². The van der Waals surface area contributed by atoms with Gasteiger partial charge in [-0.3, -0.25) is 10.1 Å². The molecule has 0 fully saturated rings. The lowest BCUT2D eigenvalue weighted by molar-refractivity contribution is -0.386. The minimum atomic E-state index is -0.412. The van der Waals surface area contributed by atoms with Crippen LogP contribution in [0.15, 0.2) is 18.2 Å². The smallest absolute Gasteiger partial charge is 0.311 e. The first-order valence-electron chi connectivity index (χ1n) is 7.19. The van der Waals surface area contributed by atoms with Crippen molar-refractivity contribution in [2.45, 2.75) is 59.1 Å². The van der Waals surface area contributed by atoms with Gasteiger partial charge < -0.3 is 10.1 Å². The number of nitro groups is 1. The van der Waals surface area contributed by atoms with Gasteiger partial charge in [-0.25, -0.2) is 0 Å². The molecule has 0 radical (unpaired) electrons. The normalized spacial score (nSPS) is 12.2. The molecule has 5 nitrogen and oxygen atoms in total. The first-order chi connectivity index (χ1) is 9.47. The molecule has 0 aliphatic rings. The average molecular weight is 280 g/mol. The topological polar surface area (TPSA) is 64.4 Å². The summed E-state index contributed by atoms with van der Waals surface area (Å²) in [7, 11) is 0. The molecule has 0 aromatic heterocycles. The molecule has 1 rings (SSSR count). The maximum atomic E-state index is 11.0. The van der Waals surface area contributed by atoms with Gasteiger partial charge in [-0.1, -0.05) is 20.3 Å². The Kier molecular flexibility index (Phi) is 6.28. The molecule has 0 heterocycles. The summed E-state index contributed by atoms with van der Waals surface area (Å²) in [6, 6.07) is 5.34. The van der Waals surface area contributed by atoms with Gasteiger partial charge in [0, 0.05) is 23.9 Å². The molecular weight excluding hydrogens is 256 g/mol. The van der Waals surface area contributed by atoms with E-state index in [2.05, 4.69) is 19.2 Å². The summed E-state index contributed by atoms with van der Waals surface area (Å²) < 4.78 is 5.54. The van der Waals surface area contributed by atoms with Crippen LogP contribution in [0, 0.1) is 10.1 Å². The van der Waals surface area contributed by atoms with Gasteiger partial charge in [-0.15, -0.1) is 0 Å². The van der Waals surface area contributed by atoms with Crippen molar-refractivity contribution in [1.82, 2.24) is 0 Å². The number of nitrogens with zero attached hydrogens (tertiary/aromatic N) is 1. The average Bonchev–Trinajstić information content (AvgIpc) is 2.37. The van der Waals surface area contributed by atoms with Crippen LogP contribution >= 0.6 is 0 Å². The zero-order chi connectivity index (χ0) is 15.1. The third-order valence-corrected chi connectivity index (χ3v) is 3.02. The van der Waals surface area contributed by atoms with Gasteiger partial charge in [0.2, 0.25) is 0 Å². The molecule has 1 N–H and O–H groups in total. The molecule has 112 valence electrons. The quantitative estimate of drug-likeness (QED) is 0.567. The monoisotopic (exact) mass is 280 g/mol. The van der Waals surface area contributed by atoms with Crippen molar-refractivity contribution in [1.29, 1.82) is 0 Å². The number of hydrogen-bond donors (Lipinski definition) is 1. The minimum absolute atomic E-state index is 0.00721. The van der Waals surface area contributed by atoms with E-state index in [1.54, 1.807) is 12.1 Å². The van der Waals surface area contributed by atoms with Crippen molar-refractivity contribution < 1.29 is 9.66 Å². The highest BCUT2D eigenvalue weighted by molar-refractivity contribution is 5.58. The maximum absolute atomic E-state index is 11.0. The third kappa shape index (κ3) is 4.72. The number of nitrogens with one attached hydrogen (secondary N) is 1. The van der Waals surface area contributed by atoms with Crippen molar-refractivity contribution in [3.05, 3.63) is 28.3 Å². The number of nitro benzene ring substituents is 1. The highest BCUT2D eigenvalue weighted by Gasteiger charge is 2.17. The van der Waals surface area contributed by atoms with Crippen LogP contribution in [0.25, 0.3) is 0 Å². The summed E-state index contributed by atoms with van der Waals surface area (Å²) in [6.45, 7) is 7.99. The second kappa shape index (κ2) is 7.72. The lowest BCUT2D eigenvalue weighted by atomic mass is 10.1. The zero-order valence-electron chi connectivity index (χ0n) is 12.7. The highest BCUT2D eigenvalue weighted by Crippen LogP contribution is 2.31. The highest BCUT2D eigenvalue weighted by atomic mass is 16.6. The molecule has 0 bridgehead atoms. The Bertz CT molecular complexity index is 447. The molecule has 1 unspecified atom stereocenters. The Morgan fingerprint density at radius 1 is 1.35 bits per heavy atom. The van der Waals surface area contributed by atoms with Crippen molar-refractivity contribution in [3.63, 3.8) is 0 Å². The fourth-order valence-electron chi connectivity index (χ4n) is 2.07. The van der Waals surface area contributed by atoms with E-state index in [1.165, 1.54) is 6.07 Å². The fraction of sp³-hybridized carbons (Fsp3) is 0.600. The van der Waals surface area contributed by atoms with Gasteiger partial charge in [0.15, 0.2) is 5.75 Å². The van der Waals surface area contributed by atoms with E-state index in [0.29, 0.717) is 11.8 Å². The number of benzene rings is 1. The van der Waals surface area contributed by atoms with Gasteiger partial charge in [0.25, 0.3) is 0 Å². The lowest BCUT2D eigenvalue weighted by Crippen LogP contribution is -2.18. The summed E-state index contributed by atoms with van der Waals surface area (Å²) in [5.41, 5.74) is 0.874. The standard InChI is InChI=1S/C15H24N2O3/c1-5-7-12(6-2)16-13-8-9-14(17(18)19)15(10-13)20-11(3)4/h8-12,16H,5-7H2,1-4H3. The van der Waals surface area contributed by atoms with Crippen molar-refractivity contribution in [3.8, 4) is 5.75 Å². The number of ether oxygens (including phenoxy) is 1. The number of anilines is 1. The molecular formula is C15H24N2O3. The molecule has 0 saturated heterocycles. The van der Waals surface area contributed by atoms with Crippen molar-refractivity contribution in [2.75, 3.05) is 5.32 Å². The summed E-state index contributed by atoms with van der Waals surface area (Å²) in [4.78, 5) is 10.6. The zero-order valence-corrected chi connectivity index (χ0v) is 12.7. The van der Waals surface area contributed by atoms with Gasteiger partial charge >= 0.3 is 5.69 Å². The molecule has 1 atom stereocenters. The summed E-state index contributed by atoms with van der Waals surface area (Å²) in [5.74, 6) is 0.321. The predicted octanol–water partition coefficient (Wildman–Crippen LogP) is 4.37. The second-order valence-electron chi connectivity index (χ2n) is 5.14. The molecule has 0 spiro atoms. The molecule has 1 aromatic rings. The van der Waals surface area contributed by atoms with Crippen LogP contribution in [0.4, 0.5) is 11.4 Å². The summed E-state index contributed by atoms with van der Waals surface area (Å²) >= 11 is 0. The van der Waals surface area contributed by atoms with Crippen molar-refractivity contribution in [2.24, 2.45) is 0 Å². The van der Waals surface area contributed by atoms with Crippen LogP contribution < -0.4 is 10.1 Å². The lowest BCUT2D eigenvalue weighted by Gasteiger charge is -2.18.